The number of benzene rings is 2. The number of nitrogens with zero attached hydrogens (tertiary/aromatic N) is 3. The number of aromatic amines is 1. The predicted octanol–water partition coefficient (Wildman–Crippen LogP) is 5.68. The monoisotopic (exact) mass is 570 g/mol. The van der Waals surface area contributed by atoms with Crippen molar-refractivity contribution in [1.29, 1.82) is 0 Å². The Morgan fingerprint density at radius 1 is 1.03 bits per heavy atom. The number of carboxylic acid groups (broad SMARTS) is 1. The molecule has 1 amide bonds. The number of carbonyl (C=O) groups is 2. The number of halogens is 4. The Bertz CT molecular complexity index is 1690. The fourth-order valence-corrected chi connectivity index (χ4v) is 4.82. The Hall–Kier alpha value is -4.15. The lowest BCUT2D eigenvalue weighted by Crippen LogP contribution is -2.42. The molecule has 4 aromatic rings. The molecule has 0 saturated heterocycles. The first-order chi connectivity index (χ1) is 18.5. The molecule has 5 rings (SSSR count). The first-order valence-corrected chi connectivity index (χ1v) is 12.3. The van der Waals surface area contributed by atoms with Gasteiger partial charge < -0.3 is 10.1 Å². The minimum atomic E-state index is -4.24. The van der Waals surface area contributed by atoms with Crippen LogP contribution in [0.3, 0.4) is 0 Å². The number of alkyl halides is 2. The maximum Gasteiger partial charge on any atom is 0.337 e. The Morgan fingerprint density at radius 3 is 2.31 bits per heavy atom. The minimum Gasteiger partial charge on any atom is -0.481 e. The summed E-state index contributed by atoms with van der Waals surface area (Å²) in [6.45, 7) is 0. The molecule has 3 heterocycles. The van der Waals surface area contributed by atoms with Gasteiger partial charge in [-0.15, -0.1) is 0 Å². The highest BCUT2D eigenvalue weighted by Gasteiger charge is 2.49. The quantitative estimate of drug-likeness (QED) is 0.309. The number of carbonyl (C=O) groups excluding carboxylic acids is 1. The van der Waals surface area contributed by atoms with Gasteiger partial charge in [0.15, 0.2) is 0 Å². The molecular weight excluding hydrogens is 553 g/mol. The molecule has 0 bridgehead atoms. The van der Waals surface area contributed by atoms with E-state index in [-0.39, 0.29) is 17.7 Å². The van der Waals surface area contributed by atoms with E-state index in [9.17, 15) is 23.2 Å². The first-order valence-electron chi connectivity index (χ1n) is 11.6. The van der Waals surface area contributed by atoms with Crippen molar-refractivity contribution in [2.45, 2.75) is 24.8 Å². The molecule has 0 spiro atoms. The molecule has 198 valence electrons. The smallest absolute Gasteiger partial charge is 0.337 e. The van der Waals surface area contributed by atoms with Crippen LogP contribution in [0.2, 0.25) is 10.0 Å². The Labute approximate surface area is 229 Å². The third kappa shape index (κ3) is 5.13. The van der Waals surface area contributed by atoms with Gasteiger partial charge in [0.2, 0.25) is 0 Å². The van der Waals surface area contributed by atoms with E-state index in [1.165, 1.54) is 18.3 Å². The van der Waals surface area contributed by atoms with Crippen molar-refractivity contribution in [3.63, 3.8) is 0 Å². The van der Waals surface area contributed by atoms with E-state index in [0.29, 0.717) is 42.6 Å². The van der Waals surface area contributed by atoms with Crippen LogP contribution < -0.4 is 5.56 Å². The molecule has 39 heavy (non-hydrogen) atoms. The predicted molar refractivity (Wildman–Crippen MR) is 142 cm³/mol. The molecule has 2 aromatic carbocycles. The zero-order valence-electron chi connectivity index (χ0n) is 19.9. The van der Waals surface area contributed by atoms with Crippen LogP contribution in [0.25, 0.3) is 22.0 Å². The Balaban J connectivity index is 1.72. The number of rotatable bonds is 6. The standard InChI is InChI=1S/C27H18Cl2F2N4O4/c28-16-5-1-14(2-6-16)21-11-19(34-35(21)26(39)27(30,31)12-22(36)37)24-23(15-3-7-17(29)8-4-15)18-9-10-32-13-20(18)33-25(24)38/h1-10,13,21H,11-12H2,(H,33,38)(H,36,37). The largest absolute Gasteiger partial charge is 0.481 e. The number of aliphatic carboxylic acids is 1. The van der Waals surface area contributed by atoms with Gasteiger partial charge in [-0.3, -0.25) is 19.4 Å². The van der Waals surface area contributed by atoms with E-state index >= 15 is 0 Å². The van der Waals surface area contributed by atoms with Gasteiger partial charge in [-0.1, -0.05) is 47.5 Å². The summed E-state index contributed by atoms with van der Waals surface area (Å²) in [4.78, 5) is 44.3. The van der Waals surface area contributed by atoms with Gasteiger partial charge in [-0.05, 0) is 41.5 Å². The number of carboxylic acids is 1. The Kier molecular flexibility index (Phi) is 6.92. The number of hydrogen-bond acceptors (Lipinski definition) is 5. The third-order valence-electron chi connectivity index (χ3n) is 6.30. The SMILES string of the molecule is O=C(O)CC(F)(F)C(=O)N1N=C(c2c(-c3ccc(Cl)cc3)c3ccncc3[nH]c2=O)CC1c1ccc(Cl)cc1. The summed E-state index contributed by atoms with van der Waals surface area (Å²) in [5.41, 5.74) is 1.49. The summed E-state index contributed by atoms with van der Waals surface area (Å²) in [5.74, 6) is -7.88. The molecule has 2 N–H and O–H groups in total. The normalized spacial score (nSPS) is 15.4. The van der Waals surface area contributed by atoms with E-state index in [4.69, 9.17) is 28.3 Å². The molecule has 2 aromatic heterocycles. The number of fused-ring (bicyclic) bond motifs is 1. The lowest BCUT2D eigenvalue weighted by Gasteiger charge is -2.25. The van der Waals surface area contributed by atoms with Crippen LogP contribution in [-0.4, -0.2) is 43.6 Å². The molecule has 8 nitrogen and oxygen atoms in total. The highest BCUT2D eigenvalue weighted by atomic mass is 35.5. The summed E-state index contributed by atoms with van der Waals surface area (Å²) in [6, 6.07) is 13.5. The average molecular weight is 571 g/mol. The second-order valence-corrected chi connectivity index (χ2v) is 9.75. The minimum absolute atomic E-state index is 0.0688. The molecule has 1 unspecified atom stereocenters. The van der Waals surface area contributed by atoms with Crippen molar-refractivity contribution in [3.8, 4) is 11.1 Å². The summed E-state index contributed by atoms with van der Waals surface area (Å²) in [5, 5.41) is 15.2. The highest BCUT2D eigenvalue weighted by molar-refractivity contribution is 6.31. The fourth-order valence-electron chi connectivity index (χ4n) is 4.56. The maximum atomic E-state index is 14.7. The Morgan fingerprint density at radius 2 is 1.67 bits per heavy atom. The van der Waals surface area contributed by atoms with Crippen molar-refractivity contribution >= 4 is 51.7 Å². The lowest BCUT2D eigenvalue weighted by molar-refractivity contribution is -0.167. The van der Waals surface area contributed by atoms with Gasteiger partial charge in [0.25, 0.3) is 5.56 Å². The maximum absolute atomic E-state index is 14.7. The second-order valence-electron chi connectivity index (χ2n) is 8.88. The van der Waals surface area contributed by atoms with E-state index in [0.717, 1.165) is 0 Å². The van der Waals surface area contributed by atoms with E-state index in [1.54, 1.807) is 48.7 Å². The van der Waals surface area contributed by atoms with E-state index in [2.05, 4.69) is 15.1 Å². The zero-order chi connectivity index (χ0) is 27.9. The van der Waals surface area contributed by atoms with Gasteiger partial charge >= 0.3 is 17.8 Å². The average Bonchev–Trinajstić information content (AvgIpc) is 3.32. The molecule has 1 atom stereocenters. The number of H-pyrrole nitrogens is 1. The van der Waals surface area contributed by atoms with Crippen LogP contribution in [0.4, 0.5) is 8.78 Å². The van der Waals surface area contributed by atoms with E-state index in [1.807, 2.05) is 0 Å². The number of amides is 1. The topological polar surface area (TPSA) is 116 Å². The molecule has 0 radical (unpaired) electrons. The van der Waals surface area contributed by atoms with Crippen LogP contribution in [0.1, 0.15) is 30.0 Å². The van der Waals surface area contributed by atoms with Crippen LogP contribution in [0, 0.1) is 0 Å². The number of pyridine rings is 2. The van der Waals surface area contributed by atoms with Crippen LogP contribution >= 0.6 is 23.2 Å². The summed E-state index contributed by atoms with van der Waals surface area (Å²) < 4.78 is 29.4. The van der Waals surface area contributed by atoms with Gasteiger partial charge in [0.05, 0.1) is 29.0 Å². The summed E-state index contributed by atoms with van der Waals surface area (Å²) in [7, 11) is 0. The van der Waals surface area contributed by atoms with Crippen molar-refractivity contribution < 1.29 is 23.5 Å². The molecule has 1 aliphatic rings. The van der Waals surface area contributed by atoms with Crippen LogP contribution in [0.15, 0.2) is 76.9 Å². The molecule has 0 aliphatic carbocycles. The molecular formula is C27H18Cl2F2N4O4. The number of hydrogen-bond donors (Lipinski definition) is 2. The van der Waals surface area contributed by atoms with E-state index < -0.39 is 35.8 Å². The summed E-state index contributed by atoms with van der Waals surface area (Å²) >= 11 is 12.1. The fraction of sp³-hybridized carbons (Fsp3) is 0.148. The molecule has 12 heteroatoms. The number of nitrogens with one attached hydrogen (secondary N) is 1. The van der Waals surface area contributed by atoms with Crippen molar-refractivity contribution in [2.75, 3.05) is 0 Å². The second kappa shape index (κ2) is 10.2. The molecule has 0 fully saturated rings. The lowest BCUT2D eigenvalue weighted by atomic mass is 9.91. The first kappa shape index (κ1) is 26.5. The number of aromatic nitrogens is 2. The summed E-state index contributed by atoms with van der Waals surface area (Å²) in [6.07, 6.45) is 1.21. The van der Waals surface area contributed by atoms with Crippen LogP contribution in [0.5, 0.6) is 0 Å². The molecule has 0 saturated carbocycles. The number of hydrazone groups is 1. The van der Waals surface area contributed by atoms with Crippen molar-refractivity contribution in [2.24, 2.45) is 5.10 Å². The van der Waals surface area contributed by atoms with Crippen LogP contribution in [-0.2, 0) is 9.59 Å². The highest BCUT2D eigenvalue weighted by Crippen LogP contribution is 2.39. The van der Waals surface area contributed by atoms with Gasteiger partial charge in [0.1, 0.15) is 6.42 Å². The van der Waals surface area contributed by atoms with Gasteiger partial charge in [-0.25, -0.2) is 5.01 Å². The van der Waals surface area contributed by atoms with Crippen molar-refractivity contribution in [1.82, 2.24) is 15.0 Å². The van der Waals surface area contributed by atoms with Crippen molar-refractivity contribution in [3.05, 3.63) is 98.5 Å². The van der Waals surface area contributed by atoms with Gasteiger partial charge in [0, 0.05) is 33.6 Å². The zero-order valence-corrected chi connectivity index (χ0v) is 21.4. The molecule has 1 aliphatic heterocycles. The third-order valence-corrected chi connectivity index (χ3v) is 6.80. The van der Waals surface area contributed by atoms with Gasteiger partial charge in [-0.2, -0.15) is 13.9 Å².